The van der Waals surface area contributed by atoms with Gasteiger partial charge in [-0.3, -0.25) is 0 Å². The first-order valence-electron chi connectivity index (χ1n) is 7.57. The lowest BCUT2D eigenvalue weighted by Crippen LogP contribution is -2.14. The Morgan fingerprint density at radius 1 is 0.960 bits per heavy atom. The molecule has 25 heavy (non-hydrogen) atoms. The molecule has 0 atom stereocenters. The Morgan fingerprint density at radius 3 is 2.36 bits per heavy atom. The van der Waals surface area contributed by atoms with E-state index >= 15 is 0 Å². The highest BCUT2D eigenvalue weighted by Gasteiger charge is 2.11. The van der Waals surface area contributed by atoms with Crippen molar-refractivity contribution in [3.63, 3.8) is 0 Å². The van der Waals surface area contributed by atoms with Gasteiger partial charge in [0.1, 0.15) is 5.82 Å². The largest absolute Gasteiger partial charge is 0.336 e. The molecular weight excluding hydrogens is 379 g/mol. The molecule has 1 heterocycles. The first kappa shape index (κ1) is 18.1. The van der Waals surface area contributed by atoms with Crippen LogP contribution >= 0.6 is 35.1 Å². The fraction of sp³-hybridized carbons (Fsp3) is 0.176. The van der Waals surface area contributed by atoms with E-state index in [4.69, 9.17) is 17.4 Å². The summed E-state index contributed by atoms with van der Waals surface area (Å²) >= 11 is 9.19. The minimum Gasteiger partial charge on any atom is -0.336 e. The first-order valence-corrected chi connectivity index (χ1v) is 9.92. The van der Waals surface area contributed by atoms with Gasteiger partial charge in [0.05, 0.1) is 0 Å². The number of nitrogens with zero attached hydrogens (tertiary/aromatic N) is 3. The van der Waals surface area contributed by atoms with E-state index in [-0.39, 0.29) is 5.82 Å². The summed E-state index contributed by atoms with van der Waals surface area (Å²) < 4.78 is 14.5. The molecule has 0 spiro atoms. The number of nitrogen functional groups attached to an aromatic ring is 1. The summed E-state index contributed by atoms with van der Waals surface area (Å²) in [6, 6.07) is 14.1. The van der Waals surface area contributed by atoms with Gasteiger partial charge in [-0.15, -0.1) is 22.0 Å². The average Bonchev–Trinajstić information content (AvgIpc) is 2.95. The lowest BCUT2D eigenvalue weighted by molar-refractivity contribution is 0.627. The number of nitrogens with two attached hydrogens (primary N) is 1. The molecule has 0 saturated heterocycles. The number of hydrogen-bond acceptors (Lipinski definition) is 5. The molecule has 0 amide bonds. The fourth-order valence-corrected chi connectivity index (χ4v) is 4.02. The van der Waals surface area contributed by atoms with Gasteiger partial charge in [-0.2, -0.15) is 0 Å². The van der Waals surface area contributed by atoms with E-state index in [9.17, 15) is 4.39 Å². The third-order valence-corrected chi connectivity index (χ3v) is 5.88. The highest BCUT2D eigenvalue weighted by Crippen LogP contribution is 2.23. The van der Waals surface area contributed by atoms with Gasteiger partial charge in [0.15, 0.2) is 5.82 Å². The monoisotopic (exact) mass is 394 g/mol. The minimum absolute atomic E-state index is 0.257. The molecule has 3 rings (SSSR count). The Bertz CT molecular complexity index is 822. The van der Waals surface area contributed by atoms with Gasteiger partial charge >= 0.3 is 0 Å². The van der Waals surface area contributed by atoms with Crippen molar-refractivity contribution in [2.45, 2.75) is 16.5 Å². The van der Waals surface area contributed by atoms with E-state index in [1.54, 1.807) is 35.7 Å². The molecule has 4 nitrogen and oxygen atoms in total. The summed E-state index contributed by atoms with van der Waals surface area (Å²) in [6.07, 6.45) is 0.518. The second-order valence-electron chi connectivity index (χ2n) is 5.22. The van der Waals surface area contributed by atoms with Crippen molar-refractivity contribution in [3.05, 3.63) is 70.8 Å². The van der Waals surface area contributed by atoms with Crippen LogP contribution in [0, 0.1) is 5.82 Å². The quantitative estimate of drug-likeness (QED) is 0.368. The Kier molecular flexibility index (Phi) is 6.23. The van der Waals surface area contributed by atoms with E-state index in [0.29, 0.717) is 17.4 Å². The Balaban J connectivity index is 1.51. The molecule has 3 aromatic rings. The van der Waals surface area contributed by atoms with Crippen LogP contribution in [0.4, 0.5) is 4.39 Å². The molecule has 130 valence electrons. The second kappa shape index (κ2) is 8.60. The molecule has 0 saturated carbocycles. The minimum atomic E-state index is -0.257. The Labute approximate surface area is 158 Å². The van der Waals surface area contributed by atoms with Crippen LogP contribution in [0.25, 0.3) is 0 Å². The highest BCUT2D eigenvalue weighted by molar-refractivity contribution is 8.02. The number of rotatable bonds is 7. The summed E-state index contributed by atoms with van der Waals surface area (Å²) in [5, 5.41) is 9.68. The standard InChI is InChI=1S/C17H16ClFN4S2/c18-13-3-7-15(8-4-13)24-9-10-25-17-22-21-16(23(17)20)11-12-1-5-14(19)6-2-12/h1-8H,9-11,20H2. The zero-order valence-electron chi connectivity index (χ0n) is 13.2. The van der Waals surface area contributed by atoms with Gasteiger partial charge < -0.3 is 5.84 Å². The van der Waals surface area contributed by atoms with Crippen molar-refractivity contribution >= 4 is 35.1 Å². The van der Waals surface area contributed by atoms with Crippen molar-refractivity contribution in [1.29, 1.82) is 0 Å². The molecule has 0 aliphatic heterocycles. The summed E-state index contributed by atoms with van der Waals surface area (Å²) in [6.45, 7) is 0. The van der Waals surface area contributed by atoms with Crippen LogP contribution in [0.2, 0.25) is 5.02 Å². The normalized spacial score (nSPS) is 11.0. The van der Waals surface area contributed by atoms with Crippen molar-refractivity contribution in [3.8, 4) is 0 Å². The maximum atomic E-state index is 13.0. The maximum absolute atomic E-state index is 13.0. The predicted molar refractivity (Wildman–Crippen MR) is 102 cm³/mol. The first-order chi connectivity index (χ1) is 12.1. The van der Waals surface area contributed by atoms with Crippen LogP contribution in [-0.2, 0) is 6.42 Å². The van der Waals surface area contributed by atoms with Gasteiger partial charge in [-0.25, -0.2) is 9.07 Å². The molecule has 0 aliphatic rings. The number of thioether (sulfide) groups is 2. The molecule has 0 radical (unpaired) electrons. The van der Waals surface area contributed by atoms with Crippen LogP contribution in [0.1, 0.15) is 11.4 Å². The Morgan fingerprint density at radius 2 is 1.64 bits per heavy atom. The third kappa shape index (κ3) is 5.14. The summed E-state index contributed by atoms with van der Waals surface area (Å²) in [4.78, 5) is 1.18. The molecule has 8 heteroatoms. The highest BCUT2D eigenvalue weighted by atomic mass is 35.5. The van der Waals surface area contributed by atoms with Gasteiger partial charge in [0.2, 0.25) is 5.16 Å². The molecule has 0 aliphatic carbocycles. The van der Waals surface area contributed by atoms with Crippen LogP contribution < -0.4 is 5.84 Å². The van der Waals surface area contributed by atoms with Crippen LogP contribution in [-0.4, -0.2) is 26.4 Å². The van der Waals surface area contributed by atoms with Gasteiger partial charge in [0.25, 0.3) is 0 Å². The maximum Gasteiger partial charge on any atom is 0.209 e. The zero-order valence-corrected chi connectivity index (χ0v) is 15.6. The predicted octanol–water partition coefficient (Wildman–Crippen LogP) is 4.26. The number of halogens is 2. The van der Waals surface area contributed by atoms with Crippen LogP contribution in [0.3, 0.4) is 0 Å². The molecule has 0 fully saturated rings. The third-order valence-electron chi connectivity index (χ3n) is 3.41. The van der Waals surface area contributed by atoms with Gasteiger partial charge in [-0.05, 0) is 42.0 Å². The van der Waals surface area contributed by atoms with Gasteiger partial charge in [0, 0.05) is 27.8 Å². The van der Waals surface area contributed by atoms with E-state index in [1.165, 1.54) is 21.7 Å². The van der Waals surface area contributed by atoms with Crippen LogP contribution in [0.5, 0.6) is 0 Å². The number of hydrogen-bond donors (Lipinski definition) is 1. The van der Waals surface area contributed by atoms with E-state index < -0.39 is 0 Å². The molecule has 1 aromatic heterocycles. The second-order valence-corrected chi connectivity index (χ2v) is 7.89. The molecule has 0 bridgehead atoms. The zero-order chi connectivity index (χ0) is 17.6. The fourth-order valence-electron chi connectivity index (χ4n) is 2.13. The summed E-state index contributed by atoms with van der Waals surface area (Å²) in [5.74, 6) is 8.24. The molecule has 2 N–H and O–H groups in total. The summed E-state index contributed by atoms with van der Waals surface area (Å²) in [5.41, 5.74) is 0.940. The average molecular weight is 395 g/mol. The lowest BCUT2D eigenvalue weighted by Gasteiger charge is -2.04. The van der Waals surface area contributed by atoms with Crippen LogP contribution in [0.15, 0.2) is 58.6 Å². The van der Waals surface area contributed by atoms with Gasteiger partial charge in [-0.1, -0.05) is 35.5 Å². The lowest BCUT2D eigenvalue weighted by atomic mass is 10.1. The van der Waals surface area contributed by atoms with E-state index in [0.717, 1.165) is 22.1 Å². The van der Waals surface area contributed by atoms with Crippen molar-refractivity contribution < 1.29 is 4.39 Å². The van der Waals surface area contributed by atoms with Crippen molar-refractivity contribution in [2.24, 2.45) is 0 Å². The van der Waals surface area contributed by atoms with E-state index in [1.807, 2.05) is 24.3 Å². The Hall–Kier alpha value is -1.70. The number of aromatic nitrogens is 3. The van der Waals surface area contributed by atoms with Crippen molar-refractivity contribution in [1.82, 2.24) is 14.9 Å². The molecule has 2 aromatic carbocycles. The molecular formula is C17H16ClFN4S2. The topological polar surface area (TPSA) is 56.7 Å². The summed E-state index contributed by atoms with van der Waals surface area (Å²) in [7, 11) is 0. The van der Waals surface area contributed by atoms with E-state index in [2.05, 4.69) is 10.2 Å². The number of benzene rings is 2. The molecule has 0 unspecified atom stereocenters. The van der Waals surface area contributed by atoms with Crippen molar-refractivity contribution in [2.75, 3.05) is 17.3 Å². The SMILES string of the molecule is Nn1c(Cc2ccc(F)cc2)nnc1SCCSc1ccc(Cl)cc1. The smallest absolute Gasteiger partial charge is 0.209 e.